The van der Waals surface area contributed by atoms with Crippen LogP contribution < -0.4 is 15.0 Å². The summed E-state index contributed by atoms with van der Waals surface area (Å²) in [5.41, 5.74) is 0.603. The Morgan fingerprint density at radius 1 is 1.03 bits per heavy atom. The van der Waals surface area contributed by atoms with Gasteiger partial charge in [-0.15, -0.1) is 0 Å². The first-order chi connectivity index (χ1) is 15.3. The molecule has 5 heterocycles. The highest BCUT2D eigenvalue weighted by Crippen LogP contribution is 2.36. The number of ether oxygens (including phenoxy) is 1. The van der Waals surface area contributed by atoms with Gasteiger partial charge in [0.15, 0.2) is 17.3 Å². The summed E-state index contributed by atoms with van der Waals surface area (Å²) < 4.78 is 11.1. The Labute approximate surface area is 178 Å². The normalized spacial score (nSPS) is 15.8. The smallest absolute Gasteiger partial charge is 0.231 e. The van der Waals surface area contributed by atoms with Gasteiger partial charge in [0, 0.05) is 37.3 Å². The van der Waals surface area contributed by atoms with Crippen molar-refractivity contribution in [1.82, 2.24) is 30.1 Å². The Hall–Kier alpha value is -4.08. The summed E-state index contributed by atoms with van der Waals surface area (Å²) in [6.07, 6.45) is 6.95. The number of methoxy groups -OCH3 is 1. The van der Waals surface area contributed by atoms with Crippen LogP contribution in [0.15, 0.2) is 59.5 Å². The van der Waals surface area contributed by atoms with Crippen LogP contribution in [0.4, 0.5) is 17.6 Å². The van der Waals surface area contributed by atoms with Crippen molar-refractivity contribution in [2.75, 3.05) is 23.9 Å². The van der Waals surface area contributed by atoms with Crippen molar-refractivity contribution >= 4 is 17.6 Å². The van der Waals surface area contributed by atoms with Crippen LogP contribution in [0.5, 0.6) is 5.88 Å². The van der Waals surface area contributed by atoms with Gasteiger partial charge in [-0.2, -0.15) is 9.97 Å². The fourth-order valence-electron chi connectivity index (χ4n) is 3.56. The van der Waals surface area contributed by atoms with Gasteiger partial charge in [0.2, 0.25) is 11.8 Å². The third-order valence-electron chi connectivity index (χ3n) is 4.98. The minimum absolute atomic E-state index is 0.0419. The van der Waals surface area contributed by atoms with Crippen LogP contribution in [0.25, 0.3) is 11.5 Å². The Morgan fingerprint density at radius 2 is 1.90 bits per heavy atom. The molecular formula is C21H20N8O2. The lowest BCUT2D eigenvalue weighted by molar-refractivity contribution is 0.361. The average molecular weight is 416 g/mol. The van der Waals surface area contributed by atoms with Crippen molar-refractivity contribution in [3.05, 3.63) is 60.7 Å². The highest BCUT2D eigenvalue weighted by atomic mass is 16.5. The molecule has 1 N–H and O–H groups in total. The number of pyridine rings is 1. The van der Waals surface area contributed by atoms with Gasteiger partial charge in [0.1, 0.15) is 11.6 Å². The first kappa shape index (κ1) is 18.9. The molecule has 5 rings (SSSR count). The monoisotopic (exact) mass is 416 g/mol. The van der Waals surface area contributed by atoms with Gasteiger partial charge >= 0.3 is 0 Å². The molecule has 1 fully saturated rings. The van der Waals surface area contributed by atoms with E-state index >= 15 is 0 Å². The summed E-state index contributed by atoms with van der Waals surface area (Å²) in [5.74, 6) is 3.56. The molecule has 0 saturated carbocycles. The molecule has 1 aliphatic rings. The van der Waals surface area contributed by atoms with Crippen molar-refractivity contribution in [3.63, 3.8) is 0 Å². The van der Waals surface area contributed by atoms with E-state index in [-0.39, 0.29) is 6.04 Å². The summed E-state index contributed by atoms with van der Waals surface area (Å²) >= 11 is 0. The van der Waals surface area contributed by atoms with Gasteiger partial charge in [-0.25, -0.2) is 15.0 Å². The molecule has 4 aromatic rings. The average Bonchev–Trinajstić information content (AvgIpc) is 3.50. The standard InChI is InChI=1S/C21H20N8O2/c1-30-19-13-18(25-17-7-2-3-8-22-17)26-21(27-19)29-11-4-6-15(29)16-12-14(28-31-16)20-23-9-5-10-24-20/h2-3,5,7-10,12-13,15H,4,6,11H2,1H3,(H,22,25,26,27). The molecule has 1 unspecified atom stereocenters. The van der Waals surface area contributed by atoms with E-state index in [9.17, 15) is 0 Å². The Bertz CT molecular complexity index is 1150. The predicted molar refractivity (Wildman–Crippen MR) is 113 cm³/mol. The van der Waals surface area contributed by atoms with E-state index in [0.29, 0.717) is 35.0 Å². The zero-order chi connectivity index (χ0) is 21.0. The third kappa shape index (κ3) is 4.00. The lowest BCUT2D eigenvalue weighted by Crippen LogP contribution is -2.24. The molecule has 0 bridgehead atoms. The predicted octanol–water partition coefficient (Wildman–Crippen LogP) is 3.41. The zero-order valence-corrected chi connectivity index (χ0v) is 16.8. The molecule has 10 heteroatoms. The largest absolute Gasteiger partial charge is 0.481 e. The zero-order valence-electron chi connectivity index (χ0n) is 16.8. The van der Waals surface area contributed by atoms with E-state index in [0.717, 1.165) is 25.1 Å². The van der Waals surface area contributed by atoms with Gasteiger partial charge < -0.3 is 19.5 Å². The van der Waals surface area contributed by atoms with Crippen molar-refractivity contribution in [1.29, 1.82) is 0 Å². The van der Waals surface area contributed by atoms with Crippen molar-refractivity contribution < 1.29 is 9.26 Å². The molecule has 0 radical (unpaired) electrons. The number of hydrogen-bond donors (Lipinski definition) is 1. The highest BCUT2D eigenvalue weighted by Gasteiger charge is 2.32. The number of rotatable bonds is 6. The number of anilines is 3. The van der Waals surface area contributed by atoms with Gasteiger partial charge in [-0.3, -0.25) is 0 Å². The second-order valence-corrected chi connectivity index (χ2v) is 6.97. The highest BCUT2D eigenvalue weighted by molar-refractivity contribution is 5.56. The van der Waals surface area contributed by atoms with Crippen molar-refractivity contribution in [2.45, 2.75) is 18.9 Å². The molecule has 10 nitrogen and oxygen atoms in total. The second kappa shape index (κ2) is 8.34. The Kier molecular flexibility index (Phi) is 5.09. The topological polar surface area (TPSA) is 115 Å². The lowest BCUT2D eigenvalue weighted by Gasteiger charge is -2.23. The van der Waals surface area contributed by atoms with E-state index in [1.807, 2.05) is 24.3 Å². The third-order valence-corrected chi connectivity index (χ3v) is 4.98. The van der Waals surface area contributed by atoms with Crippen molar-refractivity contribution in [3.8, 4) is 17.4 Å². The molecule has 31 heavy (non-hydrogen) atoms. The van der Waals surface area contributed by atoms with Crippen LogP contribution in [0, 0.1) is 0 Å². The van der Waals surface area contributed by atoms with Crippen molar-refractivity contribution in [2.24, 2.45) is 0 Å². The van der Waals surface area contributed by atoms with E-state index < -0.39 is 0 Å². The molecule has 0 aromatic carbocycles. The van der Waals surface area contributed by atoms with Crippen LogP contribution in [0.3, 0.4) is 0 Å². The molecule has 4 aromatic heterocycles. The quantitative estimate of drug-likeness (QED) is 0.501. The summed E-state index contributed by atoms with van der Waals surface area (Å²) in [5, 5.41) is 7.35. The second-order valence-electron chi connectivity index (χ2n) is 6.97. The maximum absolute atomic E-state index is 5.65. The summed E-state index contributed by atoms with van der Waals surface area (Å²) in [7, 11) is 1.58. The van der Waals surface area contributed by atoms with E-state index in [1.165, 1.54) is 0 Å². The van der Waals surface area contributed by atoms with Gasteiger partial charge in [-0.05, 0) is 31.0 Å². The first-order valence-electron chi connectivity index (χ1n) is 9.92. The molecule has 156 valence electrons. The Balaban J connectivity index is 1.44. The number of nitrogens with one attached hydrogen (secondary N) is 1. The minimum Gasteiger partial charge on any atom is -0.481 e. The minimum atomic E-state index is -0.0419. The molecule has 1 aliphatic heterocycles. The number of nitrogens with zero attached hydrogens (tertiary/aromatic N) is 7. The summed E-state index contributed by atoms with van der Waals surface area (Å²) in [6, 6.07) is 11.0. The van der Waals surface area contributed by atoms with Crippen LogP contribution in [-0.2, 0) is 0 Å². The van der Waals surface area contributed by atoms with E-state index in [4.69, 9.17) is 14.2 Å². The first-order valence-corrected chi connectivity index (χ1v) is 9.92. The molecule has 0 spiro atoms. The number of aromatic nitrogens is 6. The maximum atomic E-state index is 5.65. The van der Waals surface area contributed by atoms with E-state index in [1.54, 1.807) is 37.8 Å². The lowest BCUT2D eigenvalue weighted by atomic mass is 10.1. The van der Waals surface area contributed by atoms with Crippen LogP contribution in [0.1, 0.15) is 24.6 Å². The Morgan fingerprint density at radius 3 is 2.71 bits per heavy atom. The fraction of sp³-hybridized carbons (Fsp3) is 0.238. The molecular weight excluding hydrogens is 396 g/mol. The van der Waals surface area contributed by atoms with Crippen LogP contribution in [0.2, 0.25) is 0 Å². The van der Waals surface area contributed by atoms with Gasteiger partial charge in [-0.1, -0.05) is 11.2 Å². The molecule has 0 aliphatic carbocycles. The van der Waals surface area contributed by atoms with E-state index in [2.05, 4.69) is 35.3 Å². The van der Waals surface area contributed by atoms with Gasteiger partial charge in [0.25, 0.3) is 0 Å². The molecule has 1 saturated heterocycles. The SMILES string of the molecule is COc1cc(Nc2ccccn2)nc(N2CCCC2c2cc(-c3ncccn3)no2)n1. The van der Waals surface area contributed by atoms with Crippen LogP contribution >= 0.6 is 0 Å². The van der Waals surface area contributed by atoms with Gasteiger partial charge in [0.05, 0.1) is 13.2 Å². The summed E-state index contributed by atoms with van der Waals surface area (Å²) in [4.78, 5) is 24.1. The molecule has 1 atom stereocenters. The maximum Gasteiger partial charge on any atom is 0.231 e. The van der Waals surface area contributed by atoms with Crippen LogP contribution in [-0.4, -0.2) is 43.7 Å². The number of hydrogen-bond acceptors (Lipinski definition) is 10. The summed E-state index contributed by atoms with van der Waals surface area (Å²) in [6.45, 7) is 0.790. The molecule has 0 amide bonds. The fourth-order valence-corrected chi connectivity index (χ4v) is 3.56.